The minimum absolute atomic E-state index is 0.0180. The van der Waals surface area contributed by atoms with Crippen molar-refractivity contribution in [3.63, 3.8) is 0 Å². The Morgan fingerprint density at radius 3 is 2.35 bits per heavy atom. The van der Waals surface area contributed by atoms with Crippen molar-refractivity contribution >= 4 is 11.9 Å². The number of amides is 1. The largest absolute Gasteiger partial charge is 0.480 e. The fourth-order valence-corrected chi connectivity index (χ4v) is 2.88. The molecule has 0 aromatic carbocycles. The van der Waals surface area contributed by atoms with Crippen LogP contribution in [0.15, 0.2) is 12.7 Å². The number of carbonyl (C=O) groups is 2. The summed E-state index contributed by atoms with van der Waals surface area (Å²) in [4.78, 5) is 23.3. The van der Waals surface area contributed by atoms with Gasteiger partial charge in [0.25, 0.3) is 0 Å². The van der Waals surface area contributed by atoms with E-state index >= 15 is 0 Å². The summed E-state index contributed by atoms with van der Waals surface area (Å²) >= 11 is 0. The number of rotatable bonds is 7. The molecule has 1 amide bonds. The molecule has 0 aromatic heterocycles. The summed E-state index contributed by atoms with van der Waals surface area (Å²) in [6.45, 7) is 8.03. The van der Waals surface area contributed by atoms with E-state index in [0.29, 0.717) is 24.7 Å². The van der Waals surface area contributed by atoms with E-state index in [1.54, 1.807) is 6.08 Å². The van der Waals surface area contributed by atoms with Crippen LogP contribution in [0, 0.1) is 17.8 Å². The average molecular weight is 281 g/mol. The molecular weight excluding hydrogens is 254 g/mol. The van der Waals surface area contributed by atoms with E-state index in [1.165, 1.54) is 0 Å². The van der Waals surface area contributed by atoms with Crippen LogP contribution >= 0.6 is 0 Å². The van der Waals surface area contributed by atoms with E-state index in [2.05, 4.69) is 25.7 Å². The lowest BCUT2D eigenvalue weighted by molar-refractivity contribution is -0.142. The molecule has 0 aliphatic heterocycles. The molecule has 1 atom stereocenters. The van der Waals surface area contributed by atoms with Crippen molar-refractivity contribution in [2.75, 3.05) is 0 Å². The van der Waals surface area contributed by atoms with Crippen LogP contribution in [0.2, 0.25) is 0 Å². The van der Waals surface area contributed by atoms with Gasteiger partial charge in [-0.3, -0.25) is 4.79 Å². The van der Waals surface area contributed by atoms with Gasteiger partial charge in [-0.25, -0.2) is 4.79 Å². The summed E-state index contributed by atoms with van der Waals surface area (Å²) < 4.78 is 0. The Labute approximate surface area is 121 Å². The van der Waals surface area contributed by atoms with Gasteiger partial charge in [0.05, 0.1) is 0 Å². The molecule has 1 rings (SSSR count). The van der Waals surface area contributed by atoms with Gasteiger partial charge >= 0.3 is 5.97 Å². The maximum absolute atomic E-state index is 12.2. The predicted molar refractivity (Wildman–Crippen MR) is 79.3 cm³/mol. The summed E-state index contributed by atoms with van der Waals surface area (Å²) in [7, 11) is 0. The van der Waals surface area contributed by atoms with Gasteiger partial charge in [-0.05, 0) is 50.4 Å². The number of carbonyl (C=O) groups excluding carboxylic acids is 1. The first-order chi connectivity index (χ1) is 9.45. The molecule has 0 bridgehead atoms. The number of carboxylic acids is 1. The molecule has 1 unspecified atom stereocenters. The quantitative estimate of drug-likeness (QED) is 0.705. The van der Waals surface area contributed by atoms with Gasteiger partial charge in [0.15, 0.2) is 0 Å². The minimum Gasteiger partial charge on any atom is -0.480 e. The van der Waals surface area contributed by atoms with Crippen LogP contribution in [0.5, 0.6) is 0 Å². The third-order valence-corrected chi connectivity index (χ3v) is 4.36. The number of hydrogen-bond acceptors (Lipinski definition) is 2. The summed E-state index contributed by atoms with van der Waals surface area (Å²) in [5.74, 6) is 0.295. The molecule has 1 fully saturated rings. The predicted octanol–water partition coefficient (Wildman–Crippen LogP) is 2.98. The Balaban J connectivity index is 2.45. The Kier molecular flexibility index (Phi) is 6.76. The lowest BCUT2D eigenvalue weighted by atomic mass is 9.76. The van der Waals surface area contributed by atoms with Crippen LogP contribution in [0.25, 0.3) is 0 Å². The highest BCUT2D eigenvalue weighted by molar-refractivity contribution is 5.85. The monoisotopic (exact) mass is 281 g/mol. The molecule has 2 N–H and O–H groups in total. The second-order valence-electron chi connectivity index (χ2n) is 6.12. The van der Waals surface area contributed by atoms with Crippen LogP contribution in [0.4, 0.5) is 0 Å². The molecule has 1 aliphatic rings. The topological polar surface area (TPSA) is 66.4 Å². The minimum atomic E-state index is -0.962. The van der Waals surface area contributed by atoms with Gasteiger partial charge in [-0.2, -0.15) is 0 Å². The smallest absolute Gasteiger partial charge is 0.326 e. The molecule has 114 valence electrons. The second-order valence-corrected chi connectivity index (χ2v) is 6.12. The van der Waals surface area contributed by atoms with E-state index in [4.69, 9.17) is 5.11 Å². The van der Waals surface area contributed by atoms with Gasteiger partial charge < -0.3 is 10.4 Å². The Hall–Kier alpha value is -1.32. The number of hydrogen-bond donors (Lipinski definition) is 2. The van der Waals surface area contributed by atoms with Gasteiger partial charge in [0, 0.05) is 5.92 Å². The number of carboxylic acid groups (broad SMARTS) is 1. The first kappa shape index (κ1) is 16.7. The van der Waals surface area contributed by atoms with Crippen LogP contribution in [-0.2, 0) is 9.59 Å². The molecule has 0 aromatic rings. The van der Waals surface area contributed by atoms with Crippen molar-refractivity contribution in [2.45, 2.75) is 58.4 Å². The van der Waals surface area contributed by atoms with Crippen molar-refractivity contribution in [1.82, 2.24) is 5.32 Å². The number of nitrogens with one attached hydrogen (secondary N) is 1. The molecular formula is C16H27NO3. The highest BCUT2D eigenvalue weighted by atomic mass is 16.4. The zero-order chi connectivity index (χ0) is 15.1. The highest BCUT2D eigenvalue weighted by Crippen LogP contribution is 2.33. The third kappa shape index (κ3) is 4.99. The second kappa shape index (κ2) is 8.08. The highest BCUT2D eigenvalue weighted by Gasteiger charge is 2.29. The van der Waals surface area contributed by atoms with Crippen LogP contribution in [-0.4, -0.2) is 23.0 Å². The van der Waals surface area contributed by atoms with Gasteiger partial charge in [-0.1, -0.05) is 19.9 Å². The van der Waals surface area contributed by atoms with E-state index in [9.17, 15) is 9.59 Å². The Morgan fingerprint density at radius 1 is 1.30 bits per heavy atom. The Morgan fingerprint density at radius 2 is 1.90 bits per heavy atom. The molecule has 1 saturated carbocycles. The van der Waals surface area contributed by atoms with Crippen LogP contribution in [0.3, 0.4) is 0 Å². The normalized spacial score (nSPS) is 24.1. The molecule has 1 aliphatic carbocycles. The zero-order valence-electron chi connectivity index (χ0n) is 12.6. The summed E-state index contributed by atoms with van der Waals surface area (Å²) in [6, 6.07) is -0.789. The lowest BCUT2D eigenvalue weighted by Crippen LogP contribution is -2.44. The first-order valence-corrected chi connectivity index (χ1v) is 7.59. The Bertz CT molecular complexity index is 344. The molecule has 0 spiro atoms. The molecule has 20 heavy (non-hydrogen) atoms. The molecule has 4 heteroatoms. The fourth-order valence-electron chi connectivity index (χ4n) is 2.88. The van der Waals surface area contributed by atoms with Crippen molar-refractivity contribution in [1.29, 1.82) is 0 Å². The molecule has 0 radical (unpaired) electrons. The van der Waals surface area contributed by atoms with Gasteiger partial charge in [-0.15, -0.1) is 6.58 Å². The third-order valence-electron chi connectivity index (χ3n) is 4.36. The molecule has 0 heterocycles. The first-order valence-electron chi connectivity index (χ1n) is 7.59. The summed E-state index contributed by atoms with van der Waals surface area (Å²) in [6.07, 6.45) is 6.57. The number of aliphatic carboxylic acids is 1. The maximum atomic E-state index is 12.2. The van der Waals surface area contributed by atoms with Crippen molar-refractivity contribution in [3.05, 3.63) is 12.7 Å². The van der Waals surface area contributed by atoms with Crippen molar-refractivity contribution < 1.29 is 14.7 Å². The van der Waals surface area contributed by atoms with E-state index < -0.39 is 12.0 Å². The van der Waals surface area contributed by atoms with Crippen molar-refractivity contribution in [3.8, 4) is 0 Å². The molecule has 0 saturated heterocycles. The summed E-state index contributed by atoms with van der Waals surface area (Å²) in [5, 5.41) is 11.8. The summed E-state index contributed by atoms with van der Waals surface area (Å²) in [5.41, 5.74) is 0. The van der Waals surface area contributed by atoms with Gasteiger partial charge in [0.1, 0.15) is 6.04 Å². The van der Waals surface area contributed by atoms with Gasteiger partial charge in [0.2, 0.25) is 5.91 Å². The van der Waals surface area contributed by atoms with Crippen LogP contribution < -0.4 is 5.32 Å². The van der Waals surface area contributed by atoms with E-state index in [0.717, 1.165) is 25.7 Å². The SMILES string of the molecule is C=CCCC(NC(=O)C1CCC(C(C)C)CC1)C(=O)O. The zero-order valence-corrected chi connectivity index (χ0v) is 12.6. The van der Waals surface area contributed by atoms with Crippen molar-refractivity contribution in [2.24, 2.45) is 17.8 Å². The van der Waals surface area contributed by atoms with E-state index in [1.807, 2.05) is 0 Å². The number of allylic oxidation sites excluding steroid dienone is 1. The van der Waals surface area contributed by atoms with E-state index in [-0.39, 0.29) is 11.8 Å². The molecule has 4 nitrogen and oxygen atoms in total. The lowest BCUT2D eigenvalue weighted by Gasteiger charge is -2.30. The fraction of sp³-hybridized carbons (Fsp3) is 0.750. The van der Waals surface area contributed by atoms with Crippen LogP contribution in [0.1, 0.15) is 52.4 Å². The average Bonchev–Trinajstić information content (AvgIpc) is 2.42. The maximum Gasteiger partial charge on any atom is 0.326 e. The standard InChI is InChI=1S/C16H27NO3/c1-4-5-6-14(16(19)20)17-15(18)13-9-7-12(8-10-13)11(2)3/h4,11-14H,1,5-10H2,2-3H3,(H,17,18)(H,19,20).